The third-order valence-corrected chi connectivity index (χ3v) is 5.36. The Kier molecular flexibility index (Phi) is 5.11. The van der Waals surface area contributed by atoms with E-state index >= 15 is 0 Å². The second-order valence-electron chi connectivity index (χ2n) is 6.05. The third kappa shape index (κ3) is 3.57. The van der Waals surface area contributed by atoms with Crippen LogP contribution in [0.15, 0.2) is 24.4 Å². The zero-order valence-corrected chi connectivity index (χ0v) is 14.6. The second-order valence-corrected chi connectivity index (χ2v) is 7.05. The van der Waals surface area contributed by atoms with Crippen LogP contribution in [0.4, 0.5) is 5.13 Å². The van der Waals surface area contributed by atoms with Crippen molar-refractivity contribution in [2.45, 2.75) is 38.8 Å². The van der Waals surface area contributed by atoms with Crippen LogP contribution in [-0.4, -0.2) is 33.6 Å². The van der Waals surface area contributed by atoms with Gasteiger partial charge in [-0.25, -0.2) is 4.98 Å². The van der Waals surface area contributed by atoms with Crippen molar-refractivity contribution in [3.8, 4) is 0 Å². The first-order chi connectivity index (χ1) is 11.6. The highest BCUT2D eigenvalue weighted by Crippen LogP contribution is 2.37. The molecule has 6 nitrogen and oxygen atoms in total. The van der Waals surface area contributed by atoms with E-state index in [9.17, 15) is 9.90 Å². The van der Waals surface area contributed by atoms with E-state index in [1.54, 1.807) is 6.20 Å². The molecule has 3 rings (SSSR count). The standard InChI is InChI=1S/C17H22N4O2S/c1-3-18-17-20-10(2)15(24-17)16(23)21-14(11-8-12(22)9-11)13-6-4-5-7-19-13/h4-7,11-12,14,22H,3,8-9H2,1-2H3,(H,18,20)(H,21,23)/t11?,12?,14-/m0/s1. The summed E-state index contributed by atoms with van der Waals surface area (Å²) in [6, 6.07) is 5.50. The zero-order chi connectivity index (χ0) is 17.1. The minimum atomic E-state index is -0.274. The summed E-state index contributed by atoms with van der Waals surface area (Å²) >= 11 is 1.36. The summed E-state index contributed by atoms with van der Waals surface area (Å²) in [5.41, 5.74) is 1.55. The van der Waals surface area contributed by atoms with Gasteiger partial charge in [0.2, 0.25) is 0 Å². The molecular formula is C17H22N4O2S. The predicted octanol–water partition coefficient (Wildman–Crippen LogP) is 2.52. The number of nitrogens with one attached hydrogen (secondary N) is 2. The molecular weight excluding hydrogens is 324 g/mol. The second kappa shape index (κ2) is 7.27. The van der Waals surface area contributed by atoms with Crippen LogP contribution in [-0.2, 0) is 0 Å². The van der Waals surface area contributed by atoms with E-state index in [-0.39, 0.29) is 24.0 Å². The maximum atomic E-state index is 12.7. The number of thiazole rings is 1. The number of aliphatic hydroxyl groups is 1. The summed E-state index contributed by atoms with van der Waals surface area (Å²) in [6.45, 7) is 4.61. The highest BCUT2D eigenvalue weighted by molar-refractivity contribution is 7.17. The average Bonchev–Trinajstić information content (AvgIpc) is 2.92. The lowest BCUT2D eigenvalue weighted by atomic mass is 9.76. The molecule has 1 saturated carbocycles. The molecule has 1 amide bonds. The van der Waals surface area contributed by atoms with Gasteiger partial charge in [-0.2, -0.15) is 0 Å². The van der Waals surface area contributed by atoms with Gasteiger partial charge in [0.1, 0.15) is 4.88 Å². The van der Waals surface area contributed by atoms with Gasteiger partial charge in [0.05, 0.1) is 23.5 Å². The van der Waals surface area contributed by atoms with Crippen molar-refractivity contribution in [3.05, 3.63) is 40.7 Å². The number of nitrogens with zero attached hydrogens (tertiary/aromatic N) is 2. The molecule has 1 atom stereocenters. The number of aliphatic hydroxyl groups excluding tert-OH is 1. The number of hydrogen-bond acceptors (Lipinski definition) is 6. The van der Waals surface area contributed by atoms with E-state index in [1.165, 1.54) is 11.3 Å². The number of carbonyl (C=O) groups excluding carboxylic acids is 1. The average molecular weight is 346 g/mol. The monoisotopic (exact) mass is 346 g/mol. The van der Waals surface area contributed by atoms with E-state index in [4.69, 9.17) is 0 Å². The molecule has 0 spiro atoms. The largest absolute Gasteiger partial charge is 0.393 e. The number of aromatic nitrogens is 2. The fourth-order valence-electron chi connectivity index (χ4n) is 2.94. The predicted molar refractivity (Wildman–Crippen MR) is 94.2 cm³/mol. The number of carbonyl (C=O) groups is 1. The molecule has 24 heavy (non-hydrogen) atoms. The van der Waals surface area contributed by atoms with Gasteiger partial charge in [0.15, 0.2) is 5.13 Å². The first kappa shape index (κ1) is 16.9. The van der Waals surface area contributed by atoms with Gasteiger partial charge in [0.25, 0.3) is 5.91 Å². The van der Waals surface area contributed by atoms with Crippen LogP contribution in [0, 0.1) is 12.8 Å². The minimum absolute atomic E-state index is 0.133. The Hall–Kier alpha value is -1.99. The fourth-order valence-corrected chi connectivity index (χ4v) is 3.87. The van der Waals surface area contributed by atoms with Gasteiger partial charge in [-0.3, -0.25) is 9.78 Å². The first-order valence-electron chi connectivity index (χ1n) is 8.19. The Morgan fingerprint density at radius 2 is 2.25 bits per heavy atom. The SMILES string of the molecule is CCNc1nc(C)c(C(=O)N[C@H](c2ccccn2)C2CC(O)C2)s1. The van der Waals surface area contributed by atoms with Crippen LogP contribution in [0.1, 0.15) is 46.9 Å². The molecule has 0 saturated heterocycles. The van der Waals surface area contributed by atoms with Gasteiger partial charge >= 0.3 is 0 Å². The number of hydrogen-bond donors (Lipinski definition) is 3. The smallest absolute Gasteiger partial charge is 0.263 e. The van der Waals surface area contributed by atoms with Crippen molar-refractivity contribution in [3.63, 3.8) is 0 Å². The van der Waals surface area contributed by atoms with Crippen LogP contribution < -0.4 is 10.6 Å². The summed E-state index contributed by atoms with van der Waals surface area (Å²) in [7, 11) is 0. The lowest BCUT2D eigenvalue weighted by molar-refractivity contribution is 0.0228. The lowest BCUT2D eigenvalue weighted by Gasteiger charge is -2.37. The van der Waals surface area contributed by atoms with E-state index in [0.717, 1.165) is 23.1 Å². The first-order valence-corrected chi connectivity index (χ1v) is 9.01. The van der Waals surface area contributed by atoms with E-state index in [0.29, 0.717) is 17.7 Å². The Bertz CT molecular complexity index is 698. The van der Waals surface area contributed by atoms with Crippen molar-refractivity contribution in [1.29, 1.82) is 0 Å². The minimum Gasteiger partial charge on any atom is -0.393 e. The van der Waals surface area contributed by atoms with Crippen molar-refractivity contribution < 1.29 is 9.90 Å². The maximum absolute atomic E-state index is 12.7. The van der Waals surface area contributed by atoms with Gasteiger partial charge in [0, 0.05) is 12.7 Å². The van der Waals surface area contributed by atoms with Crippen molar-refractivity contribution >= 4 is 22.4 Å². The summed E-state index contributed by atoms with van der Waals surface area (Å²) in [6.07, 6.45) is 2.83. The molecule has 7 heteroatoms. The number of pyridine rings is 1. The van der Waals surface area contributed by atoms with Gasteiger partial charge < -0.3 is 15.7 Å². The molecule has 2 heterocycles. The van der Waals surface area contributed by atoms with E-state index in [1.807, 2.05) is 32.0 Å². The van der Waals surface area contributed by atoms with Gasteiger partial charge in [-0.1, -0.05) is 17.4 Å². The molecule has 2 aromatic rings. The molecule has 1 aliphatic rings. The number of anilines is 1. The highest BCUT2D eigenvalue weighted by atomic mass is 32.1. The molecule has 1 fully saturated rings. The van der Waals surface area contributed by atoms with Crippen molar-refractivity contribution in [2.24, 2.45) is 5.92 Å². The fraction of sp³-hybridized carbons (Fsp3) is 0.471. The van der Waals surface area contributed by atoms with E-state index in [2.05, 4.69) is 20.6 Å². The summed E-state index contributed by atoms with van der Waals surface area (Å²) < 4.78 is 0. The Balaban J connectivity index is 1.78. The summed E-state index contributed by atoms with van der Waals surface area (Å²) in [4.78, 5) is 22.1. The lowest BCUT2D eigenvalue weighted by Crippen LogP contribution is -2.41. The molecule has 0 aromatic carbocycles. The van der Waals surface area contributed by atoms with Gasteiger partial charge in [-0.05, 0) is 44.7 Å². The topological polar surface area (TPSA) is 87.1 Å². The number of rotatable bonds is 6. The Morgan fingerprint density at radius 3 is 2.88 bits per heavy atom. The van der Waals surface area contributed by atoms with Gasteiger partial charge in [-0.15, -0.1) is 0 Å². The summed E-state index contributed by atoms with van der Waals surface area (Å²) in [5, 5.41) is 16.6. The van der Waals surface area contributed by atoms with Crippen LogP contribution in [0.3, 0.4) is 0 Å². The molecule has 1 aliphatic carbocycles. The van der Waals surface area contributed by atoms with E-state index < -0.39 is 0 Å². The van der Waals surface area contributed by atoms with Crippen LogP contribution >= 0.6 is 11.3 Å². The Morgan fingerprint density at radius 1 is 1.46 bits per heavy atom. The van der Waals surface area contributed by atoms with Crippen LogP contribution in [0.2, 0.25) is 0 Å². The zero-order valence-electron chi connectivity index (χ0n) is 13.8. The molecule has 2 aromatic heterocycles. The molecule has 0 aliphatic heterocycles. The van der Waals surface area contributed by atoms with Crippen LogP contribution in [0.5, 0.6) is 0 Å². The quantitative estimate of drug-likeness (QED) is 0.748. The van der Waals surface area contributed by atoms with Crippen molar-refractivity contribution in [1.82, 2.24) is 15.3 Å². The summed E-state index contributed by atoms with van der Waals surface area (Å²) in [5.74, 6) is 0.0755. The Labute approximate surface area is 145 Å². The molecule has 0 unspecified atom stereocenters. The molecule has 3 N–H and O–H groups in total. The maximum Gasteiger partial charge on any atom is 0.263 e. The van der Waals surface area contributed by atoms with Crippen molar-refractivity contribution in [2.75, 3.05) is 11.9 Å². The normalized spacial score (nSPS) is 21.0. The third-order valence-electron chi connectivity index (χ3n) is 4.24. The number of amides is 1. The van der Waals surface area contributed by atoms with Crippen LogP contribution in [0.25, 0.3) is 0 Å². The highest BCUT2D eigenvalue weighted by Gasteiger charge is 2.36. The molecule has 0 bridgehead atoms. The molecule has 0 radical (unpaired) electrons. The number of aryl methyl sites for hydroxylation is 1. The molecule has 128 valence electrons.